The van der Waals surface area contributed by atoms with Gasteiger partial charge in [-0.1, -0.05) is 44.4 Å². The second-order valence-corrected chi connectivity index (χ2v) is 4.81. The molecule has 0 aromatic heterocycles. The van der Waals surface area contributed by atoms with Crippen molar-refractivity contribution in [3.8, 4) is 0 Å². The molecule has 0 spiro atoms. The van der Waals surface area contributed by atoms with Crippen molar-refractivity contribution in [3.05, 3.63) is 24.3 Å². The van der Waals surface area contributed by atoms with Crippen LogP contribution in [0, 0.1) is 0 Å². The molecule has 1 rings (SSSR count). The highest BCUT2D eigenvalue weighted by molar-refractivity contribution is 5.87. The van der Waals surface area contributed by atoms with E-state index in [2.05, 4.69) is 18.4 Å². The second-order valence-electron chi connectivity index (χ2n) is 4.81. The summed E-state index contributed by atoms with van der Waals surface area (Å²) < 4.78 is 0. The summed E-state index contributed by atoms with van der Waals surface area (Å²) in [6, 6.07) is 0. The van der Waals surface area contributed by atoms with Crippen LogP contribution in [-0.4, -0.2) is 24.0 Å². The second kappa shape index (κ2) is 9.89. The largest absolute Gasteiger partial charge is 0.285 e. The average Bonchev–Trinajstić information content (AvgIpc) is 2.39. The molecule has 1 heterocycles. The molecule has 0 unspecified atom stereocenters. The molecule has 0 bridgehead atoms. The Morgan fingerprint density at radius 3 is 2.67 bits per heavy atom. The highest BCUT2D eigenvalue weighted by atomic mass is 16.2. The number of carbonyl (C=O) groups is 1. The first-order valence-electron chi connectivity index (χ1n) is 7.21. The Bertz CT molecular complexity index is 278. The molecular weight excluding hydrogens is 224 g/mol. The lowest BCUT2D eigenvalue weighted by Crippen LogP contribution is -2.44. The van der Waals surface area contributed by atoms with Crippen molar-refractivity contribution in [1.29, 1.82) is 0 Å². The van der Waals surface area contributed by atoms with Crippen LogP contribution in [0.1, 0.15) is 51.9 Å². The summed E-state index contributed by atoms with van der Waals surface area (Å²) in [5, 5.41) is 2.02. The third-order valence-corrected chi connectivity index (χ3v) is 3.09. The summed E-state index contributed by atoms with van der Waals surface area (Å²) >= 11 is 0. The van der Waals surface area contributed by atoms with Gasteiger partial charge in [0.1, 0.15) is 0 Å². The number of allylic oxidation sites excluding steroid dienone is 3. The first-order chi connectivity index (χ1) is 8.83. The molecule has 1 saturated heterocycles. The summed E-state index contributed by atoms with van der Waals surface area (Å²) in [5.41, 5.74) is 2.90. The van der Waals surface area contributed by atoms with Crippen LogP contribution in [0.2, 0.25) is 0 Å². The molecule has 0 saturated carbocycles. The maximum absolute atomic E-state index is 11.6. The number of unbranched alkanes of at least 4 members (excludes halogenated alkanes) is 3. The van der Waals surface area contributed by atoms with E-state index in [1.807, 2.05) is 17.2 Å². The van der Waals surface area contributed by atoms with E-state index in [1.54, 1.807) is 6.08 Å². The van der Waals surface area contributed by atoms with E-state index in [1.165, 1.54) is 38.5 Å². The Kier molecular flexibility index (Phi) is 8.23. The summed E-state index contributed by atoms with van der Waals surface area (Å²) in [7, 11) is 0. The van der Waals surface area contributed by atoms with Gasteiger partial charge < -0.3 is 0 Å². The standard InChI is InChI=1S/C15H26N2O/c1-2-3-4-5-6-7-9-12-15(18)16-17-13-10-8-11-14-17/h6-7,9,12H,2-5,8,10-11,13-14H2,1H3,(H,16,18)/b7-6+,12-9+. The lowest BCUT2D eigenvalue weighted by atomic mass is 10.2. The number of carbonyl (C=O) groups excluding carboxylic acids is 1. The fourth-order valence-corrected chi connectivity index (χ4v) is 2.03. The van der Waals surface area contributed by atoms with Crippen LogP contribution < -0.4 is 5.43 Å². The lowest BCUT2D eigenvalue weighted by Gasteiger charge is -2.26. The molecule has 3 heteroatoms. The van der Waals surface area contributed by atoms with E-state index in [0.717, 1.165) is 19.5 Å². The van der Waals surface area contributed by atoms with Crippen molar-refractivity contribution in [2.75, 3.05) is 13.1 Å². The number of hydrogen-bond acceptors (Lipinski definition) is 2. The molecule has 0 atom stereocenters. The minimum atomic E-state index is -0.0184. The predicted molar refractivity (Wildman–Crippen MR) is 76.0 cm³/mol. The van der Waals surface area contributed by atoms with Crippen LogP contribution >= 0.6 is 0 Å². The normalized spacial score (nSPS) is 17.6. The zero-order valence-electron chi connectivity index (χ0n) is 11.5. The lowest BCUT2D eigenvalue weighted by molar-refractivity contribution is -0.121. The van der Waals surface area contributed by atoms with Gasteiger partial charge in [-0.15, -0.1) is 0 Å². The maximum Gasteiger partial charge on any atom is 0.258 e. The number of nitrogens with one attached hydrogen (secondary N) is 1. The van der Waals surface area contributed by atoms with Crippen molar-refractivity contribution in [2.24, 2.45) is 0 Å². The quantitative estimate of drug-likeness (QED) is 0.427. The number of nitrogens with zero attached hydrogens (tertiary/aromatic N) is 1. The SMILES string of the molecule is CCCCC/C=C/C=C/C(=O)NN1CCCCC1. The number of amides is 1. The maximum atomic E-state index is 11.6. The average molecular weight is 250 g/mol. The van der Waals surface area contributed by atoms with Crippen molar-refractivity contribution in [3.63, 3.8) is 0 Å². The Labute approximate surface area is 111 Å². The monoisotopic (exact) mass is 250 g/mol. The van der Waals surface area contributed by atoms with E-state index in [-0.39, 0.29) is 5.91 Å². The molecule has 18 heavy (non-hydrogen) atoms. The van der Waals surface area contributed by atoms with Gasteiger partial charge in [-0.3, -0.25) is 10.2 Å². The molecule has 1 N–H and O–H groups in total. The Morgan fingerprint density at radius 2 is 1.94 bits per heavy atom. The zero-order valence-corrected chi connectivity index (χ0v) is 11.5. The van der Waals surface area contributed by atoms with Gasteiger partial charge in [0.15, 0.2) is 0 Å². The van der Waals surface area contributed by atoms with E-state index >= 15 is 0 Å². The van der Waals surface area contributed by atoms with E-state index < -0.39 is 0 Å². The van der Waals surface area contributed by atoms with E-state index in [4.69, 9.17) is 0 Å². The smallest absolute Gasteiger partial charge is 0.258 e. The molecule has 1 fully saturated rings. The number of hydrogen-bond donors (Lipinski definition) is 1. The minimum Gasteiger partial charge on any atom is -0.285 e. The van der Waals surface area contributed by atoms with Gasteiger partial charge >= 0.3 is 0 Å². The van der Waals surface area contributed by atoms with Gasteiger partial charge in [-0.2, -0.15) is 0 Å². The molecule has 0 aromatic carbocycles. The van der Waals surface area contributed by atoms with Gasteiger partial charge in [0, 0.05) is 19.2 Å². The summed E-state index contributed by atoms with van der Waals surface area (Å²) in [5.74, 6) is -0.0184. The van der Waals surface area contributed by atoms with Gasteiger partial charge in [-0.05, 0) is 25.7 Å². The summed E-state index contributed by atoms with van der Waals surface area (Å²) in [4.78, 5) is 11.6. The minimum absolute atomic E-state index is 0.0184. The van der Waals surface area contributed by atoms with Gasteiger partial charge in [0.25, 0.3) is 5.91 Å². The molecular formula is C15H26N2O. The van der Waals surface area contributed by atoms with Gasteiger partial charge in [-0.25, -0.2) is 5.01 Å². The fourth-order valence-electron chi connectivity index (χ4n) is 2.03. The summed E-state index contributed by atoms with van der Waals surface area (Å²) in [6.07, 6.45) is 16.0. The van der Waals surface area contributed by atoms with Gasteiger partial charge in [0.05, 0.1) is 0 Å². The van der Waals surface area contributed by atoms with Crippen molar-refractivity contribution in [2.45, 2.75) is 51.9 Å². The molecule has 1 amide bonds. The highest BCUT2D eigenvalue weighted by Gasteiger charge is 2.10. The molecule has 1 aliphatic rings. The van der Waals surface area contributed by atoms with E-state index in [9.17, 15) is 4.79 Å². The Balaban J connectivity index is 2.10. The van der Waals surface area contributed by atoms with Crippen LogP contribution in [0.3, 0.4) is 0 Å². The first-order valence-corrected chi connectivity index (χ1v) is 7.21. The highest BCUT2D eigenvalue weighted by Crippen LogP contribution is 2.05. The zero-order chi connectivity index (χ0) is 13.1. The first kappa shape index (κ1) is 15.0. The number of rotatable bonds is 7. The summed E-state index contributed by atoms with van der Waals surface area (Å²) in [6.45, 7) is 4.16. The predicted octanol–water partition coefficient (Wildman–Crippen LogP) is 3.20. The van der Waals surface area contributed by atoms with Crippen LogP contribution in [-0.2, 0) is 4.79 Å². The van der Waals surface area contributed by atoms with Crippen LogP contribution in [0.15, 0.2) is 24.3 Å². The third-order valence-electron chi connectivity index (χ3n) is 3.09. The molecule has 0 radical (unpaired) electrons. The van der Waals surface area contributed by atoms with Crippen LogP contribution in [0.4, 0.5) is 0 Å². The van der Waals surface area contributed by atoms with Crippen molar-refractivity contribution >= 4 is 5.91 Å². The van der Waals surface area contributed by atoms with Crippen molar-refractivity contribution < 1.29 is 4.79 Å². The van der Waals surface area contributed by atoms with Crippen LogP contribution in [0.5, 0.6) is 0 Å². The van der Waals surface area contributed by atoms with E-state index in [0.29, 0.717) is 0 Å². The topological polar surface area (TPSA) is 32.3 Å². The molecule has 0 aromatic rings. The van der Waals surface area contributed by atoms with Crippen molar-refractivity contribution in [1.82, 2.24) is 10.4 Å². The number of piperidine rings is 1. The molecule has 1 aliphatic heterocycles. The molecule has 0 aliphatic carbocycles. The fraction of sp³-hybridized carbons (Fsp3) is 0.667. The number of hydrazine groups is 1. The Morgan fingerprint density at radius 1 is 1.17 bits per heavy atom. The molecule has 3 nitrogen and oxygen atoms in total. The third kappa shape index (κ3) is 7.28. The molecule has 102 valence electrons. The van der Waals surface area contributed by atoms with Crippen LogP contribution in [0.25, 0.3) is 0 Å². The Hall–Kier alpha value is -1.09. The van der Waals surface area contributed by atoms with Gasteiger partial charge in [0.2, 0.25) is 0 Å².